The fourth-order valence-electron chi connectivity index (χ4n) is 1.36. The number of nitrogens with zero attached hydrogens (tertiary/aromatic N) is 1. The Balaban J connectivity index is 1.97. The van der Waals surface area contributed by atoms with Gasteiger partial charge in [-0.2, -0.15) is 0 Å². The number of carbonyl (C=O) groups is 1. The van der Waals surface area contributed by atoms with E-state index in [0.717, 1.165) is 5.56 Å². The molecule has 2 aromatic rings. The van der Waals surface area contributed by atoms with Crippen molar-refractivity contribution in [3.63, 3.8) is 0 Å². The number of anilines is 1. The lowest BCUT2D eigenvalue weighted by Gasteiger charge is -2.00. The summed E-state index contributed by atoms with van der Waals surface area (Å²) in [5.41, 5.74) is 0.892. The van der Waals surface area contributed by atoms with Gasteiger partial charge in [0.15, 0.2) is 0 Å². The molecule has 0 fully saturated rings. The van der Waals surface area contributed by atoms with Crippen LogP contribution in [-0.4, -0.2) is 10.9 Å². The molecule has 0 aliphatic rings. The van der Waals surface area contributed by atoms with Crippen LogP contribution in [0.5, 0.6) is 0 Å². The minimum atomic E-state index is -0.259. The first-order valence-electron chi connectivity index (χ1n) is 5.50. The van der Waals surface area contributed by atoms with Gasteiger partial charge in [-0.1, -0.05) is 35.3 Å². The summed E-state index contributed by atoms with van der Waals surface area (Å²) in [7, 11) is 0. The molecule has 2 rings (SSSR count). The van der Waals surface area contributed by atoms with Crippen molar-refractivity contribution in [2.24, 2.45) is 0 Å². The lowest BCUT2D eigenvalue weighted by atomic mass is 10.2. The van der Waals surface area contributed by atoms with Crippen LogP contribution in [-0.2, 0) is 4.79 Å². The summed E-state index contributed by atoms with van der Waals surface area (Å²) in [5, 5.41) is 3.81. The summed E-state index contributed by atoms with van der Waals surface area (Å²) in [6, 6.07) is 10.5. The Kier molecular flexibility index (Phi) is 4.55. The Hall–Kier alpha value is -1.84. The molecular weight excluding hydrogens is 283 g/mol. The van der Waals surface area contributed by atoms with Crippen molar-refractivity contribution in [3.8, 4) is 0 Å². The molecule has 19 heavy (non-hydrogen) atoms. The number of pyridine rings is 1. The van der Waals surface area contributed by atoms with Crippen LogP contribution in [0.3, 0.4) is 0 Å². The number of carbonyl (C=O) groups excluding carboxylic acids is 1. The molecule has 0 atom stereocenters. The van der Waals surface area contributed by atoms with Gasteiger partial charge in [-0.05, 0) is 35.9 Å². The zero-order chi connectivity index (χ0) is 13.7. The number of aromatic nitrogens is 1. The van der Waals surface area contributed by atoms with Gasteiger partial charge in [-0.15, -0.1) is 0 Å². The second-order valence-electron chi connectivity index (χ2n) is 3.74. The van der Waals surface area contributed by atoms with E-state index in [1.54, 1.807) is 30.3 Å². The van der Waals surface area contributed by atoms with Gasteiger partial charge in [0.1, 0.15) is 5.82 Å². The number of hydrogen-bond acceptors (Lipinski definition) is 2. The van der Waals surface area contributed by atoms with Crippen molar-refractivity contribution in [1.29, 1.82) is 0 Å². The molecule has 5 heteroatoms. The first-order chi connectivity index (χ1) is 9.13. The Morgan fingerprint density at radius 1 is 1.05 bits per heavy atom. The molecule has 0 unspecified atom stereocenters. The van der Waals surface area contributed by atoms with Crippen molar-refractivity contribution in [1.82, 2.24) is 4.98 Å². The number of halogens is 2. The van der Waals surface area contributed by atoms with Gasteiger partial charge in [0.05, 0.1) is 5.02 Å². The van der Waals surface area contributed by atoms with Crippen LogP contribution in [0.4, 0.5) is 5.82 Å². The predicted molar refractivity (Wildman–Crippen MR) is 78.4 cm³/mol. The summed E-state index contributed by atoms with van der Waals surface area (Å²) in [4.78, 5) is 15.6. The van der Waals surface area contributed by atoms with E-state index < -0.39 is 0 Å². The lowest BCUT2D eigenvalue weighted by Crippen LogP contribution is -2.08. The third kappa shape index (κ3) is 4.39. The zero-order valence-electron chi connectivity index (χ0n) is 9.81. The maximum atomic E-state index is 11.6. The van der Waals surface area contributed by atoms with Gasteiger partial charge in [0.2, 0.25) is 5.91 Å². The molecule has 0 aliphatic heterocycles. The Bertz CT molecular complexity index is 592. The topological polar surface area (TPSA) is 42.0 Å². The second kappa shape index (κ2) is 6.36. The molecule has 0 spiro atoms. The number of nitrogens with one attached hydrogen (secondary N) is 1. The second-order valence-corrected chi connectivity index (χ2v) is 4.61. The number of hydrogen-bond donors (Lipinski definition) is 1. The van der Waals surface area contributed by atoms with Gasteiger partial charge in [0, 0.05) is 17.3 Å². The van der Waals surface area contributed by atoms with E-state index in [9.17, 15) is 4.79 Å². The first-order valence-corrected chi connectivity index (χ1v) is 6.25. The zero-order valence-corrected chi connectivity index (χ0v) is 11.3. The van der Waals surface area contributed by atoms with Gasteiger partial charge < -0.3 is 5.32 Å². The standard InChI is InChI=1S/C14H10Cl2N2O/c15-11-4-1-10(2-5-11)3-8-14(19)18-13-7-6-12(16)9-17-13/h1-9H,(H,17,18,19). The summed E-state index contributed by atoms with van der Waals surface area (Å²) in [6.45, 7) is 0. The van der Waals surface area contributed by atoms with E-state index in [1.807, 2.05) is 12.1 Å². The molecule has 1 aromatic carbocycles. The Labute approximate surface area is 120 Å². The summed E-state index contributed by atoms with van der Waals surface area (Å²) >= 11 is 11.5. The van der Waals surface area contributed by atoms with Gasteiger partial charge in [-0.25, -0.2) is 4.98 Å². The highest BCUT2D eigenvalue weighted by Crippen LogP contribution is 2.11. The van der Waals surface area contributed by atoms with E-state index in [0.29, 0.717) is 15.9 Å². The molecule has 0 saturated heterocycles. The van der Waals surface area contributed by atoms with Crippen LogP contribution in [0.2, 0.25) is 10.0 Å². The average molecular weight is 293 g/mol. The van der Waals surface area contributed by atoms with Crippen LogP contribution >= 0.6 is 23.2 Å². The molecule has 1 heterocycles. The minimum absolute atomic E-state index is 0.259. The highest BCUT2D eigenvalue weighted by molar-refractivity contribution is 6.30. The van der Waals surface area contributed by atoms with Gasteiger partial charge in [-0.3, -0.25) is 4.79 Å². The first kappa shape index (κ1) is 13.6. The van der Waals surface area contributed by atoms with E-state index in [-0.39, 0.29) is 5.91 Å². The van der Waals surface area contributed by atoms with Crippen LogP contribution in [0, 0.1) is 0 Å². The Morgan fingerprint density at radius 3 is 2.37 bits per heavy atom. The summed E-state index contributed by atoms with van der Waals surface area (Å²) < 4.78 is 0. The van der Waals surface area contributed by atoms with Crippen LogP contribution in [0.1, 0.15) is 5.56 Å². The third-order valence-corrected chi connectivity index (χ3v) is 2.75. The maximum Gasteiger partial charge on any atom is 0.249 e. The monoisotopic (exact) mass is 292 g/mol. The van der Waals surface area contributed by atoms with Crippen LogP contribution in [0.25, 0.3) is 6.08 Å². The molecular formula is C14H10Cl2N2O. The van der Waals surface area contributed by atoms with E-state index in [4.69, 9.17) is 23.2 Å². The van der Waals surface area contributed by atoms with Crippen molar-refractivity contribution < 1.29 is 4.79 Å². The Morgan fingerprint density at radius 2 is 1.74 bits per heavy atom. The highest BCUT2D eigenvalue weighted by atomic mass is 35.5. The van der Waals surface area contributed by atoms with Crippen molar-refractivity contribution in [3.05, 3.63) is 64.3 Å². The molecule has 96 valence electrons. The molecule has 1 aromatic heterocycles. The molecule has 0 saturated carbocycles. The van der Waals surface area contributed by atoms with E-state index in [2.05, 4.69) is 10.3 Å². The molecule has 0 aliphatic carbocycles. The van der Waals surface area contributed by atoms with Crippen LogP contribution in [0.15, 0.2) is 48.7 Å². The van der Waals surface area contributed by atoms with Crippen LogP contribution < -0.4 is 5.32 Å². The minimum Gasteiger partial charge on any atom is -0.307 e. The van der Waals surface area contributed by atoms with Crippen molar-refractivity contribution in [2.45, 2.75) is 0 Å². The molecule has 0 bridgehead atoms. The fraction of sp³-hybridized carbons (Fsp3) is 0. The number of benzene rings is 1. The van der Waals surface area contributed by atoms with Crippen molar-refractivity contribution in [2.75, 3.05) is 5.32 Å². The summed E-state index contributed by atoms with van der Waals surface area (Å²) in [5.74, 6) is 0.194. The number of rotatable bonds is 3. The average Bonchev–Trinajstić information content (AvgIpc) is 2.41. The van der Waals surface area contributed by atoms with E-state index >= 15 is 0 Å². The van der Waals surface area contributed by atoms with Gasteiger partial charge in [0.25, 0.3) is 0 Å². The lowest BCUT2D eigenvalue weighted by molar-refractivity contribution is -0.111. The molecule has 1 N–H and O–H groups in total. The normalized spacial score (nSPS) is 10.6. The number of amides is 1. The van der Waals surface area contributed by atoms with E-state index in [1.165, 1.54) is 12.3 Å². The SMILES string of the molecule is O=C(C=Cc1ccc(Cl)cc1)Nc1ccc(Cl)cn1. The predicted octanol–water partition coefficient (Wildman–Crippen LogP) is 4.04. The molecule has 1 amide bonds. The fourth-order valence-corrected chi connectivity index (χ4v) is 1.60. The smallest absolute Gasteiger partial charge is 0.249 e. The molecule has 3 nitrogen and oxygen atoms in total. The third-order valence-electron chi connectivity index (χ3n) is 2.28. The largest absolute Gasteiger partial charge is 0.307 e. The summed E-state index contributed by atoms with van der Waals surface area (Å²) in [6.07, 6.45) is 4.60. The van der Waals surface area contributed by atoms with Gasteiger partial charge >= 0.3 is 0 Å². The quantitative estimate of drug-likeness (QED) is 0.868. The van der Waals surface area contributed by atoms with Crippen molar-refractivity contribution >= 4 is 41.0 Å². The molecule has 0 radical (unpaired) electrons. The highest BCUT2D eigenvalue weighted by Gasteiger charge is 1.98. The maximum absolute atomic E-state index is 11.6.